The molecule has 8 nitrogen and oxygen atoms in total. The fourth-order valence-electron chi connectivity index (χ4n) is 5.02. The largest absolute Gasteiger partial charge is 0.493 e. The van der Waals surface area contributed by atoms with Crippen molar-refractivity contribution in [3.05, 3.63) is 88.0 Å². The van der Waals surface area contributed by atoms with E-state index in [0.717, 1.165) is 28.2 Å². The first-order valence-corrected chi connectivity index (χ1v) is 11.4. The average molecular weight is 472 g/mol. The standard InChI is InChI=1S/C27H25N3O5/c1-34-24-12-9-17(15-25(24)35-2)18-13-22-26(23(31)14-18)27(16-7-10-19(11-8-16)30(32)33)29-21-6-4-3-5-20(21)28-22/h3-12,15,18,26-27,29H,13-14H2,1-2H3. The average Bonchev–Trinajstić information content (AvgIpc) is 3.05. The minimum atomic E-state index is -0.472. The molecule has 35 heavy (non-hydrogen) atoms. The van der Waals surface area contributed by atoms with Crippen LogP contribution in [0.2, 0.25) is 0 Å². The van der Waals surface area contributed by atoms with Gasteiger partial charge in [-0.1, -0.05) is 30.3 Å². The van der Waals surface area contributed by atoms with E-state index >= 15 is 0 Å². The van der Waals surface area contributed by atoms with Gasteiger partial charge in [-0.05, 0) is 47.7 Å². The Morgan fingerprint density at radius 2 is 1.66 bits per heavy atom. The zero-order chi connectivity index (χ0) is 24.5. The van der Waals surface area contributed by atoms with Gasteiger partial charge in [0.05, 0.1) is 42.5 Å². The summed E-state index contributed by atoms with van der Waals surface area (Å²) in [6.45, 7) is 0. The Hall–Kier alpha value is -4.20. The number of carbonyl (C=O) groups excluding carboxylic acids is 1. The molecule has 5 rings (SSSR count). The number of rotatable bonds is 5. The Balaban J connectivity index is 1.55. The Morgan fingerprint density at radius 1 is 0.943 bits per heavy atom. The molecule has 1 saturated carbocycles. The maximum atomic E-state index is 13.7. The molecule has 2 aliphatic rings. The number of carbonyl (C=O) groups is 1. The molecule has 8 heteroatoms. The summed E-state index contributed by atoms with van der Waals surface area (Å²) >= 11 is 0. The number of fused-ring (bicyclic) bond motifs is 2. The number of hydrogen-bond acceptors (Lipinski definition) is 7. The molecular formula is C27H25N3O5. The van der Waals surface area contributed by atoms with E-state index < -0.39 is 10.8 Å². The van der Waals surface area contributed by atoms with Crippen LogP contribution in [0.25, 0.3) is 0 Å². The first-order chi connectivity index (χ1) is 17.0. The molecule has 1 aliphatic carbocycles. The van der Waals surface area contributed by atoms with Crippen molar-refractivity contribution < 1.29 is 19.2 Å². The number of nitro benzene ring substituents is 1. The van der Waals surface area contributed by atoms with Crippen LogP contribution in [0.3, 0.4) is 0 Å². The highest BCUT2D eigenvalue weighted by molar-refractivity contribution is 6.10. The molecular weight excluding hydrogens is 446 g/mol. The minimum Gasteiger partial charge on any atom is -0.493 e. The first kappa shape index (κ1) is 22.6. The van der Waals surface area contributed by atoms with Crippen molar-refractivity contribution in [1.29, 1.82) is 0 Å². The monoisotopic (exact) mass is 471 g/mol. The lowest BCUT2D eigenvalue weighted by Crippen LogP contribution is -2.38. The molecule has 0 amide bonds. The Bertz CT molecular complexity index is 1320. The van der Waals surface area contributed by atoms with E-state index in [9.17, 15) is 14.9 Å². The Morgan fingerprint density at radius 3 is 2.37 bits per heavy atom. The van der Waals surface area contributed by atoms with Crippen LogP contribution in [0, 0.1) is 16.0 Å². The van der Waals surface area contributed by atoms with Gasteiger partial charge in [-0.3, -0.25) is 19.9 Å². The predicted octanol–water partition coefficient (Wildman–Crippen LogP) is 5.61. The number of hydrogen-bond donors (Lipinski definition) is 1. The second-order valence-electron chi connectivity index (χ2n) is 8.75. The highest BCUT2D eigenvalue weighted by Crippen LogP contribution is 2.45. The number of Topliss-reactive ketones (excluding diaryl/α,β-unsaturated/α-hetero) is 1. The van der Waals surface area contributed by atoms with E-state index in [2.05, 4.69) is 5.32 Å². The van der Waals surface area contributed by atoms with E-state index in [-0.39, 0.29) is 23.4 Å². The van der Waals surface area contributed by atoms with Crippen LogP contribution in [0.15, 0.2) is 71.7 Å². The van der Waals surface area contributed by atoms with Crippen molar-refractivity contribution in [2.24, 2.45) is 10.9 Å². The lowest BCUT2D eigenvalue weighted by molar-refractivity contribution is -0.384. The summed E-state index contributed by atoms with van der Waals surface area (Å²) in [5, 5.41) is 14.6. The van der Waals surface area contributed by atoms with Crippen molar-refractivity contribution in [2.45, 2.75) is 24.8 Å². The second-order valence-corrected chi connectivity index (χ2v) is 8.75. The molecule has 0 radical (unpaired) electrons. The quantitative estimate of drug-likeness (QED) is 0.383. The van der Waals surface area contributed by atoms with Gasteiger partial charge in [-0.2, -0.15) is 0 Å². The van der Waals surface area contributed by atoms with Gasteiger partial charge >= 0.3 is 0 Å². The number of ketones is 1. The number of anilines is 1. The topological polar surface area (TPSA) is 103 Å². The van der Waals surface area contributed by atoms with E-state index in [1.165, 1.54) is 12.1 Å². The Kier molecular flexibility index (Phi) is 5.94. The van der Waals surface area contributed by atoms with Gasteiger partial charge in [0.25, 0.3) is 5.69 Å². The minimum absolute atomic E-state index is 0.0140. The van der Waals surface area contributed by atoms with Gasteiger partial charge in [-0.25, -0.2) is 0 Å². The van der Waals surface area contributed by atoms with E-state index in [1.54, 1.807) is 26.4 Å². The highest BCUT2D eigenvalue weighted by atomic mass is 16.6. The maximum Gasteiger partial charge on any atom is 0.269 e. The summed E-state index contributed by atoms with van der Waals surface area (Å²) in [6, 6.07) is 19.5. The van der Waals surface area contributed by atoms with Gasteiger partial charge < -0.3 is 14.8 Å². The van der Waals surface area contributed by atoms with Crippen LogP contribution in [0.5, 0.6) is 11.5 Å². The van der Waals surface area contributed by atoms with Crippen molar-refractivity contribution in [1.82, 2.24) is 0 Å². The van der Waals surface area contributed by atoms with E-state index in [0.29, 0.717) is 24.3 Å². The first-order valence-electron chi connectivity index (χ1n) is 11.4. The van der Waals surface area contributed by atoms with Gasteiger partial charge in [0.2, 0.25) is 0 Å². The normalized spacial score (nSPS) is 21.0. The molecule has 1 aliphatic heterocycles. The molecule has 1 N–H and O–H groups in total. The fraction of sp³-hybridized carbons (Fsp3) is 0.259. The summed E-state index contributed by atoms with van der Waals surface area (Å²) in [5.74, 6) is 0.830. The maximum absolute atomic E-state index is 13.7. The van der Waals surface area contributed by atoms with Crippen molar-refractivity contribution >= 4 is 28.6 Å². The second kappa shape index (κ2) is 9.21. The number of non-ortho nitro benzene ring substituents is 1. The van der Waals surface area contributed by atoms with Gasteiger partial charge in [0.1, 0.15) is 5.78 Å². The van der Waals surface area contributed by atoms with E-state index in [4.69, 9.17) is 14.5 Å². The molecule has 1 heterocycles. The molecule has 3 aromatic rings. The van der Waals surface area contributed by atoms with Crippen LogP contribution in [0.4, 0.5) is 17.1 Å². The third kappa shape index (κ3) is 4.23. The summed E-state index contributed by atoms with van der Waals surface area (Å²) < 4.78 is 10.8. The van der Waals surface area contributed by atoms with Crippen molar-refractivity contribution in [3.8, 4) is 11.5 Å². The fourth-order valence-corrected chi connectivity index (χ4v) is 5.02. The zero-order valence-electron chi connectivity index (χ0n) is 19.4. The third-order valence-corrected chi connectivity index (χ3v) is 6.76. The highest BCUT2D eigenvalue weighted by Gasteiger charge is 2.41. The summed E-state index contributed by atoms with van der Waals surface area (Å²) in [5.41, 5.74) is 4.23. The van der Waals surface area contributed by atoms with Crippen LogP contribution in [-0.2, 0) is 4.79 Å². The van der Waals surface area contributed by atoms with Crippen LogP contribution in [0.1, 0.15) is 35.9 Å². The van der Waals surface area contributed by atoms with Crippen molar-refractivity contribution in [3.63, 3.8) is 0 Å². The molecule has 0 bridgehead atoms. The number of nitrogens with one attached hydrogen (secondary N) is 1. The summed E-state index contributed by atoms with van der Waals surface area (Å²) in [6.07, 6.45) is 0.978. The molecule has 0 aromatic heterocycles. The van der Waals surface area contributed by atoms with Gasteiger partial charge in [0.15, 0.2) is 11.5 Å². The number of para-hydroxylation sites is 2. The number of nitro groups is 1. The van der Waals surface area contributed by atoms with Crippen LogP contribution in [-0.4, -0.2) is 30.6 Å². The predicted molar refractivity (Wildman–Crippen MR) is 133 cm³/mol. The SMILES string of the molecule is COc1ccc(C2CC(=O)C3C(=Nc4ccccc4NC3c3ccc([N+](=O)[O-])cc3)C2)cc1OC. The molecule has 0 spiro atoms. The third-order valence-electron chi connectivity index (χ3n) is 6.76. The molecule has 178 valence electrons. The lowest BCUT2D eigenvalue weighted by Gasteiger charge is -2.34. The summed E-state index contributed by atoms with van der Waals surface area (Å²) in [7, 11) is 3.19. The molecule has 3 aromatic carbocycles. The molecule has 1 fully saturated rings. The van der Waals surface area contributed by atoms with Crippen LogP contribution >= 0.6 is 0 Å². The molecule has 3 unspecified atom stereocenters. The smallest absolute Gasteiger partial charge is 0.269 e. The van der Waals surface area contributed by atoms with Gasteiger partial charge in [0, 0.05) is 24.3 Å². The number of benzene rings is 3. The number of methoxy groups -OCH3 is 2. The zero-order valence-corrected chi connectivity index (χ0v) is 19.4. The van der Waals surface area contributed by atoms with Crippen LogP contribution < -0.4 is 14.8 Å². The van der Waals surface area contributed by atoms with Crippen molar-refractivity contribution in [2.75, 3.05) is 19.5 Å². The van der Waals surface area contributed by atoms with E-state index in [1.807, 2.05) is 42.5 Å². The lowest BCUT2D eigenvalue weighted by atomic mass is 9.72. The number of aliphatic imine (C=N–C) groups is 1. The number of nitrogens with zero attached hydrogens (tertiary/aromatic N) is 2. The molecule has 0 saturated heterocycles. The summed E-state index contributed by atoms with van der Waals surface area (Å²) in [4.78, 5) is 29.3. The molecule has 3 atom stereocenters. The van der Waals surface area contributed by atoms with Gasteiger partial charge in [-0.15, -0.1) is 0 Å². The Labute approximate surface area is 202 Å². The number of ether oxygens (including phenoxy) is 2.